The van der Waals surface area contributed by atoms with Gasteiger partial charge in [0.1, 0.15) is 0 Å². The van der Waals surface area contributed by atoms with Crippen LogP contribution < -0.4 is 15.2 Å². The summed E-state index contributed by atoms with van der Waals surface area (Å²) in [4.78, 5) is 2.54. The fourth-order valence-electron chi connectivity index (χ4n) is 3.02. The molecule has 0 amide bonds. The van der Waals surface area contributed by atoms with Gasteiger partial charge in [-0.3, -0.25) is 4.90 Å². The van der Waals surface area contributed by atoms with Gasteiger partial charge in [-0.1, -0.05) is 22.4 Å². The van der Waals surface area contributed by atoms with E-state index in [1.165, 1.54) is 24.8 Å². The number of nitrogens with zero attached hydrogens (tertiary/aromatic N) is 1. The van der Waals surface area contributed by atoms with Crippen molar-refractivity contribution in [3.8, 4) is 11.5 Å². The van der Waals surface area contributed by atoms with Crippen LogP contribution in [0, 0.1) is 0 Å². The fourth-order valence-corrected chi connectivity index (χ4v) is 3.47. The first-order valence-corrected chi connectivity index (χ1v) is 8.33. The van der Waals surface area contributed by atoms with E-state index in [4.69, 9.17) is 15.2 Å². The van der Waals surface area contributed by atoms with E-state index in [1.807, 2.05) is 6.07 Å². The lowest BCUT2D eigenvalue weighted by atomic mass is 9.98. The van der Waals surface area contributed by atoms with Gasteiger partial charge in [0, 0.05) is 17.1 Å². The Kier molecular flexibility index (Phi) is 8.54. The average molecular weight is 394 g/mol. The Morgan fingerprint density at radius 3 is 2.55 bits per heavy atom. The summed E-state index contributed by atoms with van der Waals surface area (Å²) in [6.45, 7) is 2.82. The molecule has 1 fully saturated rings. The van der Waals surface area contributed by atoms with E-state index in [9.17, 15) is 0 Å². The molecule has 2 rings (SSSR count). The SMILES string of the molecule is COc1cc(Br)c(CN2CCCCC2CCN)cc1OC.Cl. The zero-order valence-electron chi connectivity index (χ0n) is 13.3. The second-order valence-electron chi connectivity index (χ2n) is 5.50. The van der Waals surface area contributed by atoms with Crippen LogP contribution in [-0.2, 0) is 6.54 Å². The number of methoxy groups -OCH3 is 2. The zero-order chi connectivity index (χ0) is 15.2. The van der Waals surface area contributed by atoms with Crippen molar-refractivity contribution >= 4 is 28.3 Å². The predicted octanol–water partition coefficient (Wildman–Crippen LogP) is 3.59. The van der Waals surface area contributed by atoms with Crippen molar-refractivity contribution in [3.63, 3.8) is 0 Å². The molecule has 1 aliphatic rings. The molecule has 4 nitrogen and oxygen atoms in total. The van der Waals surface area contributed by atoms with E-state index in [2.05, 4.69) is 26.9 Å². The highest BCUT2D eigenvalue weighted by atomic mass is 79.9. The largest absolute Gasteiger partial charge is 0.493 e. The van der Waals surface area contributed by atoms with Crippen molar-refractivity contribution in [2.24, 2.45) is 5.73 Å². The van der Waals surface area contributed by atoms with Crippen LogP contribution >= 0.6 is 28.3 Å². The van der Waals surface area contributed by atoms with Crippen LogP contribution in [0.3, 0.4) is 0 Å². The molecule has 1 heterocycles. The smallest absolute Gasteiger partial charge is 0.161 e. The summed E-state index contributed by atoms with van der Waals surface area (Å²) >= 11 is 3.65. The number of hydrogen-bond donors (Lipinski definition) is 1. The van der Waals surface area contributed by atoms with E-state index in [0.717, 1.165) is 42.0 Å². The van der Waals surface area contributed by atoms with Crippen LogP contribution in [0.2, 0.25) is 0 Å². The number of halogens is 2. The molecule has 0 saturated carbocycles. The maximum atomic E-state index is 5.76. The van der Waals surface area contributed by atoms with Crippen molar-refractivity contribution in [1.29, 1.82) is 0 Å². The molecule has 1 aliphatic heterocycles. The van der Waals surface area contributed by atoms with Crippen LogP contribution in [0.25, 0.3) is 0 Å². The van der Waals surface area contributed by atoms with Gasteiger partial charge in [0.05, 0.1) is 14.2 Å². The van der Waals surface area contributed by atoms with Crippen LogP contribution in [0.15, 0.2) is 16.6 Å². The predicted molar refractivity (Wildman–Crippen MR) is 96.2 cm³/mol. The molecule has 6 heteroatoms. The molecule has 0 spiro atoms. The summed E-state index contributed by atoms with van der Waals surface area (Å²) in [5, 5.41) is 0. The monoisotopic (exact) mass is 392 g/mol. The molecule has 0 bridgehead atoms. The van der Waals surface area contributed by atoms with E-state index in [-0.39, 0.29) is 12.4 Å². The van der Waals surface area contributed by atoms with Gasteiger partial charge in [0.25, 0.3) is 0 Å². The van der Waals surface area contributed by atoms with Gasteiger partial charge in [0.15, 0.2) is 11.5 Å². The third-order valence-electron chi connectivity index (χ3n) is 4.17. The minimum Gasteiger partial charge on any atom is -0.493 e. The molecule has 1 aromatic rings. The van der Waals surface area contributed by atoms with Gasteiger partial charge < -0.3 is 15.2 Å². The van der Waals surface area contributed by atoms with Crippen molar-refractivity contribution in [1.82, 2.24) is 4.90 Å². The average Bonchev–Trinajstić information content (AvgIpc) is 2.51. The maximum absolute atomic E-state index is 5.76. The lowest BCUT2D eigenvalue weighted by Crippen LogP contribution is -2.40. The topological polar surface area (TPSA) is 47.7 Å². The second kappa shape index (κ2) is 9.60. The molecule has 1 unspecified atom stereocenters. The van der Waals surface area contributed by atoms with E-state index >= 15 is 0 Å². The van der Waals surface area contributed by atoms with Gasteiger partial charge >= 0.3 is 0 Å². The molecule has 0 radical (unpaired) electrons. The number of benzene rings is 1. The van der Waals surface area contributed by atoms with Crippen LogP contribution in [0.4, 0.5) is 0 Å². The quantitative estimate of drug-likeness (QED) is 0.802. The van der Waals surface area contributed by atoms with Crippen LogP contribution in [-0.4, -0.2) is 38.3 Å². The van der Waals surface area contributed by atoms with Crippen molar-refractivity contribution in [2.75, 3.05) is 27.3 Å². The van der Waals surface area contributed by atoms with Crippen LogP contribution in [0.5, 0.6) is 11.5 Å². The van der Waals surface area contributed by atoms with E-state index < -0.39 is 0 Å². The lowest BCUT2D eigenvalue weighted by Gasteiger charge is -2.36. The first kappa shape index (κ1) is 19.6. The number of ether oxygens (including phenoxy) is 2. The molecule has 22 heavy (non-hydrogen) atoms. The summed E-state index contributed by atoms with van der Waals surface area (Å²) in [5.41, 5.74) is 6.99. The normalized spacial score (nSPS) is 18.6. The zero-order valence-corrected chi connectivity index (χ0v) is 15.7. The summed E-state index contributed by atoms with van der Waals surface area (Å²) in [6, 6.07) is 4.65. The molecule has 0 aliphatic carbocycles. The molecule has 1 saturated heterocycles. The second-order valence-corrected chi connectivity index (χ2v) is 6.35. The van der Waals surface area contributed by atoms with E-state index in [1.54, 1.807) is 14.2 Å². The third kappa shape index (κ3) is 4.75. The van der Waals surface area contributed by atoms with Gasteiger partial charge in [-0.15, -0.1) is 12.4 Å². The lowest BCUT2D eigenvalue weighted by molar-refractivity contribution is 0.133. The fraction of sp³-hybridized carbons (Fsp3) is 0.625. The molecule has 1 atom stereocenters. The first-order valence-electron chi connectivity index (χ1n) is 7.54. The summed E-state index contributed by atoms with van der Waals surface area (Å²) in [5.74, 6) is 1.54. The highest BCUT2D eigenvalue weighted by molar-refractivity contribution is 9.10. The van der Waals surface area contributed by atoms with E-state index in [0.29, 0.717) is 6.04 Å². The molecular weight excluding hydrogens is 368 g/mol. The number of nitrogens with two attached hydrogens (primary N) is 1. The molecule has 0 aromatic heterocycles. The minimum atomic E-state index is 0. The van der Waals surface area contributed by atoms with Crippen LogP contribution in [0.1, 0.15) is 31.2 Å². The summed E-state index contributed by atoms with van der Waals surface area (Å²) in [6.07, 6.45) is 4.91. The molecule has 1 aromatic carbocycles. The van der Waals surface area contributed by atoms with Crippen molar-refractivity contribution in [2.45, 2.75) is 38.3 Å². The Morgan fingerprint density at radius 2 is 1.91 bits per heavy atom. The first-order chi connectivity index (χ1) is 10.2. The Labute approximate surface area is 147 Å². The molecule has 126 valence electrons. The van der Waals surface area contributed by atoms with Gasteiger partial charge in [-0.25, -0.2) is 0 Å². The minimum absolute atomic E-state index is 0. The molecule has 2 N–H and O–H groups in total. The Morgan fingerprint density at radius 1 is 1.23 bits per heavy atom. The number of likely N-dealkylation sites (tertiary alicyclic amines) is 1. The maximum Gasteiger partial charge on any atom is 0.161 e. The molecular formula is C16H26BrClN2O2. The van der Waals surface area contributed by atoms with Crippen molar-refractivity contribution < 1.29 is 9.47 Å². The Hall–Kier alpha value is -0.490. The highest BCUT2D eigenvalue weighted by Crippen LogP contribution is 2.34. The van der Waals surface area contributed by atoms with Gasteiger partial charge in [0.2, 0.25) is 0 Å². The highest BCUT2D eigenvalue weighted by Gasteiger charge is 2.23. The standard InChI is InChI=1S/C16H25BrN2O2.ClH/c1-20-15-9-12(14(17)10-16(15)21-2)11-19-8-4-3-5-13(19)6-7-18;/h9-10,13H,3-8,11,18H2,1-2H3;1H. The van der Waals surface area contributed by atoms with Gasteiger partial charge in [-0.2, -0.15) is 0 Å². The van der Waals surface area contributed by atoms with Crippen molar-refractivity contribution in [3.05, 3.63) is 22.2 Å². The number of hydrogen-bond acceptors (Lipinski definition) is 4. The third-order valence-corrected chi connectivity index (χ3v) is 4.91. The Balaban J connectivity index is 0.00000242. The summed E-state index contributed by atoms with van der Waals surface area (Å²) < 4.78 is 11.8. The Bertz CT molecular complexity index is 472. The summed E-state index contributed by atoms with van der Waals surface area (Å²) in [7, 11) is 3.33. The number of rotatable bonds is 6. The number of piperidine rings is 1. The van der Waals surface area contributed by atoms with Gasteiger partial charge in [-0.05, 0) is 50.0 Å².